The lowest BCUT2D eigenvalue weighted by Crippen LogP contribution is -2.37. The van der Waals surface area contributed by atoms with Crippen LogP contribution in [0.25, 0.3) is 0 Å². The zero-order chi connectivity index (χ0) is 29.5. The average Bonchev–Trinajstić information content (AvgIpc) is 3.37. The first-order valence-electron chi connectivity index (χ1n) is 19.4. The highest BCUT2D eigenvalue weighted by molar-refractivity contribution is 4.84. The SMILES string of the molecule is CCCCCCCCCCCCCCCCCc1n(CCCCCCCC)cc[n+]1CCCCCCCCCCC. The molecule has 2 nitrogen and oxygen atoms in total. The molecular weight excluding hydrogens is 496 g/mol. The van der Waals surface area contributed by atoms with Crippen molar-refractivity contribution in [3.8, 4) is 0 Å². The van der Waals surface area contributed by atoms with Crippen LogP contribution in [0.4, 0.5) is 0 Å². The van der Waals surface area contributed by atoms with Gasteiger partial charge in [0.1, 0.15) is 12.4 Å². The normalized spacial score (nSPS) is 11.6. The fourth-order valence-electron chi connectivity index (χ4n) is 6.50. The topological polar surface area (TPSA) is 8.81 Å². The van der Waals surface area contributed by atoms with Crippen LogP contribution < -0.4 is 4.57 Å². The van der Waals surface area contributed by atoms with Gasteiger partial charge in [-0.25, -0.2) is 9.13 Å². The third kappa shape index (κ3) is 23.4. The van der Waals surface area contributed by atoms with Crippen LogP contribution in [0.15, 0.2) is 12.4 Å². The molecule has 0 fully saturated rings. The molecule has 0 N–H and O–H groups in total. The van der Waals surface area contributed by atoms with E-state index >= 15 is 0 Å². The number of unbranched alkanes of at least 4 members (excludes halogenated alkanes) is 27. The Labute approximate surface area is 259 Å². The minimum absolute atomic E-state index is 1.23. The summed E-state index contributed by atoms with van der Waals surface area (Å²) in [5.41, 5.74) is 0. The highest BCUT2D eigenvalue weighted by Crippen LogP contribution is 2.15. The van der Waals surface area contributed by atoms with E-state index in [0.29, 0.717) is 0 Å². The molecule has 0 bridgehead atoms. The monoisotopic (exact) mass is 574 g/mol. The minimum Gasteiger partial charge on any atom is -0.234 e. The highest BCUT2D eigenvalue weighted by atomic mass is 15.1. The maximum absolute atomic E-state index is 2.63. The molecular formula is C39H77N2+. The van der Waals surface area contributed by atoms with Crippen molar-refractivity contribution in [3.63, 3.8) is 0 Å². The Morgan fingerprint density at radius 2 is 0.756 bits per heavy atom. The van der Waals surface area contributed by atoms with Gasteiger partial charge in [0.25, 0.3) is 5.82 Å². The van der Waals surface area contributed by atoms with Gasteiger partial charge in [-0.05, 0) is 32.1 Å². The number of imidazole rings is 1. The van der Waals surface area contributed by atoms with Crippen molar-refractivity contribution in [2.24, 2.45) is 0 Å². The van der Waals surface area contributed by atoms with Crippen LogP contribution in [0.3, 0.4) is 0 Å². The van der Waals surface area contributed by atoms with Gasteiger partial charge >= 0.3 is 0 Å². The van der Waals surface area contributed by atoms with Gasteiger partial charge in [0.15, 0.2) is 0 Å². The molecule has 0 radical (unpaired) electrons. The molecule has 0 aliphatic rings. The number of aryl methyl sites for hydroxylation is 2. The van der Waals surface area contributed by atoms with E-state index in [1.165, 1.54) is 212 Å². The molecule has 0 spiro atoms. The molecule has 0 aliphatic heterocycles. The van der Waals surface area contributed by atoms with Crippen LogP contribution in [0.1, 0.15) is 219 Å². The van der Waals surface area contributed by atoms with E-state index in [-0.39, 0.29) is 0 Å². The molecule has 1 heterocycles. The first-order valence-corrected chi connectivity index (χ1v) is 19.4. The number of aromatic nitrogens is 2. The van der Waals surface area contributed by atoms with E-state index in [0.717, 1.165) is 0 Å². The summed E-state index contributed by atoms with van der Waals surface area (Å²) in [4.78, 5) is 0. The van der Waals surface area contributed by atoms with Crippen molar-refractivity contribution in [1.82, 2.24) is 4.57 Å². The van der Waals surface area contributed by atoms with E-state index < -0.39 is 0 Å². The third-order valence-electron chi connectivity index (χ3n) is 9.35. The Bertz CT molecular complexity index is 634. The Balaban J connectivity index is 2.24. The van der Waals surface area contributed by atoms with Crippen LogP contribution in [0.5, 0.6) is 0 Å². The number of hydrogen-bond acceptors (Lipinski definition) is 0. The third-order valence-corrected chi connectivity index (χ3v) is 9.35. The van der Waals surface area contributed by atoms with Gasteiger partial charge < -0.3 is 0 Å². The van der Waals surface area contributed by atoms with Crippen LogP contribution in [0, 0.1) is 0 Å². The molecule has 0 aliphatic carbocycles. The van der Waals surface area contributed by atoms with Crippen molar-refractivity contribution in [3.05, 3.63) is 18.2 Å². The highest BCUT2D eigenvalue weighted by Gasteiger charge is 2.16. The predicted molar refractivity (Wildman–Crippen MR) is 184 cm³/mol. The van der Waals surface area contributed by atoms with Crippen molar-refractivity contribution in [1.29, 1.82) is 0 Å². The van der Waals surface area contributed by atoms with E-state index in [1.807, 2.05) is 0 Å². The molecule has 0 amide bonds. The summed E-state index contributed by atoms with van der Waals surface area (Å²) in [5.74, 6) is 1.62. The molecule has 242 valence electrons. The lowest BCUT2D eigenvalue weighted by atomic mass is 10.0. The van der Waals surface area contributed by atoms with Gasteiger partial charge in [0.05, 0.1) is 13.1 Å². The first kappa shape index (κ1) is 38.2. The summed E-state index contributed by atoms with van der Waals surface area (Å²) in [5, 5.41) is 0. The molecule has 2 heteroatoms. The summed E-state index contributed by atoms with van der Waals surface area (Å²) in [6, 6.07) is 0. The standard InChI is InChI=1S/C39H77N2/c1-4-7-10-13-16-18-19-20-21-22-23-24-26-28-31-34-39-40(35-32-29-15-12-9-6-3)37-38-41(39)36-33-30-27-25-17-14-11-8-5-2/h37-38H,4-36H2,1-3H3/q+1. The zero-order valence-corrected chi connectivity index (χ0v) is 28.9. The molecule has 0 saturated carbocycles. The van der Waals surface area contributed by atoms with Gasteiger partial charge in [0.2, 0.25) is 0 Å². The number of rotatable bonds is 33. The van der Waals surface area contributed by atoms with Crippen molar-refractivity contribution >= 4 is 0 Å². The average molecular weight is 574 g/mol. The van der Waals surface area contributed by atoms with E-state index in [9.17, 15) is 0 Å². The minimum atomic E-state index is 1.23. The fourth-order valence-corrected chi connectivity index (χ4v) is 6.50. The maximum atomic E-state index is 2.63. The van der Waals surface area contributed by atoms with E-state index in [2.05, 4.69) is 42.3 Å². The van der Waals surface area contributed by atoms with Crippen molar-refractivity contribution in [2.45, 2.75) is 233 Å². The quantitative estimate of drug-likeness (QED) is 0.0584. The van der Waals surface area contributed by atoms with Crippen LogP contribution in [-0.2, 0) is 19.5 Å². The fraction of sp³-hybridized carbons (Fsp3) is 0.923. The van der Waals surface area contributed by atoms with E-state index in [4.69, 9.17) is 0 Å². The molecule has 1 aromatic rings. The zero-order valence-electron chi connectivity index (χ0n) is 28.9. The smallest absolute Gasteiger partial charge is 0.234 e. The second-order valence-electron chi connectivity index (χ2n) is 13.4. The number of nitrogens with zero attached hydrogens (tertiary/aromatic N) is 2. The Morgan fingerprint density at radius 1 is 0.415 bits per heavy atom. The van der Waals surface area contributed by atoms with E-state index in [1.54, 1.807) is 5.82 Å². The summed E-state index contributed by atoms with van der Waals surface area (Å²) in [6.45, 7) is 9.40. The Morgan fingerprint density at radius 3 is 1.17 bits per heavy atom. The first-order chi connectivity index (χ1) is 20.3. The van der Waals surface area contributed by atoms with Crippen molar-refractivity contribution in [2.75, 3.05) is 0 Å². The maximum Gasteiger partial charge on any atom is 0.256 e. The van der Waals surface area contributed by atoms with Crippen molar-refractivity contribution < 1.29 is 4.57 Å². The second kappa shape index (κ2) is 30.7. The Kier molecular flexibility index (Phi) is 28.6. The van der Waals surface area contributed by atoms with Gasteiger partial charge in [0, 0.05) is 6.42 Å². The van der Waals surface area contributed by atoms with Gasteiger partial charge in [-0.15, -0.1) is 0 Å². The molecule has 41 heavy (non-hydrogen) atoms. The molecule has 1 aromatic heterocycles. The second-order valence-corrected chi connectivity index (χ2v) is 13.4. The van der Waals surface area contributed by atoms with Gasteiger partial charge in [-0.1, -0.05) is 181 Å². The van der Waals surface area contributed by atoms with Gasteiger partial charge in [-0.3, -0.25) is 0 Å². The summed E-state index contributed by atoms with van der Waals surface area (Å²) < 4.78 is 5.25. The molecule has 0 saturated heterocycles. The molecule has 1 rings (SSSR count). The molecule has 0 unspecified atom stereocenters. The largest absolute Gasteiger partial charge is 0.256 e. The lowest BCUT2D eigenvalue weighted by molar-refractivity contribution is -0.704. The number of hydrogen-bond donors (Lipinski definition) is 0. The molecule has 0 aromatic carbocycles. The van der Waals surface area contributed by atoms with Gasteiger partial charge in [-0.2, -0.15) is 0 Å². The van der Waals surface area contributed by atoms with Crippen LogP contribution in [-0.4, -0.2) is 4.57 Å². The molecule has 0 atom stereocenters. The summed E-state index contributed by atoms with van der Waals surface area (Å²) >= 11 is 0. The summed E-state index contributed by atoms with van der Waals surface area (Å²) in [6.07, 6.45) is 48.9. The predicted octanol–water partition coefficient (Wildman–Crippen LogP) is 13.1. The Hall–Kier alpha value is -0.790. The van der Waals surface area contributed by atoms with Crippen LogP contribution >= 0.6 is 0 Å². The lowest BCUT2D eigenvalue weighted by Gasteiger charge is -2.07. The van der Waals surface area contributed by atoms with Crippen LogP contribution in [0.2, 0.25) is 0 Å². The summed E-state index contributed by atoms with van der Waals surface area (Å²) in [7, 11) is 0.